The normalized spacial score (nSPS) is 36.8. The second-order valence-electron chi connectivity index (χ2n) is 15.9. The third-order valence-electron chi connectivity index (χ3n) is 13.2. The van der Waals surface area contributed by atoms with Crippen LogP contribution in [0.25, 0.3) is 0 Å². The van der Waals surface area contributed by atoms with Crippen molar-refractivity contribution in [3.8, 4) is 0 Å². The fourth-order valence-corrected chi connectivity index (χ4v) is 10.8. The summed E-state index contributed by atoms with van der Waals surface area (Å²) in [5.74, 6) is 4.83. The Morgan fingerprint density at radius 1 is 0.950 bits per heavy atom. The summed E-state index contributed by atoms with van der Waals surface area (Å²) in [6, 6.07) is 0. The van der Waals surface area contributed by atoms with Gasteiger partial charge < -0.3 is 5.11 Å². The Morgan fingerprint density at radius 2 is 1.70 bits per heavy atom. The van der Waals surface area contributed by atoms with Crippen molar-refractivity contribution in [2.24, 2.45) is 58.2 Å². The Labute approximate surface area is 248 Å². The van der Waals surface area contributed by atoms with Gasteiger partial charge in [0, 0.05) is 0 Å². The van der Waals surface area contributed by atoms with E-state index < -0.39 is 5.97 Å². The molecule has 0 aromatic rings. The van der Waals surface area contributed by atoms with Crippen LogP contribution in [0.2, 0.25) is 0 Å². The maximum Gasteiger partial charge on any atom is 0.306 e. The zero-order valence-electron chi connectivity index (χ0n) is 27.1. The van der Waals surface area contributed by atoms with Crippen LogP contribution in [-0.2, 0) is 4.79 Å². The van der Waals surface area contributed by atoms with Gasteiger partial charge in [-0.05, 0) is 123 Å². The highest BCUT2D eigenvalue weighted by molar-refractivity contribution is 5.70. The molecule has 9 atom stereocenters. The Bertz CT molecular complexity index is 871. The molecule has 4 rings (SSSR count). The number of aliphatic carboxylic acids is 1. The lowest BCUT2D eigenvalue weighted by Gasteiger charge is -2.59. The van der Waals surface area contributed by atoms with Crippen LogP contribution in [0.1, 0.15) is 150 Å². The van der Waals surface area contributed by atoms with E-state index in [-0.39, 0.29) is 5.92 Å². The van der Waals surface area contributed by atoms with Gasteiger partial charge in [-0.25, -0.2) is 0 Å². The number of fused-ring (bicyclic) bond motifs is 5. The molecular formula is C38H64O2. The average molecular weight is 553 g/mol. The largest absolute Gasteiger partial charge is 0.481 e. The van der Waals surface area contributed by atoms with Gasteiger partial charge in [-0.3, -0.25) is 4.79 Å². The third-order valence-corrected chi connectivity index (χ3v) is 13.2. The van der Waals surface area contributed by atoms with Crippen LogP contribution in [0.3, 0.4) is 0 Å². The topological polar surface area (TPSA) is 37.3 Å². The van der Waals surface area contributed by atoms with Gasteiger partial charge in [-0.2, -0.15) is 0 Å². The number of hydrogen-bond acceptors (Lipinski definition) is 1. The third kappa shape index (κ3) is 6.78. The number of hydrogen-bond donors (Lipinski definition) is 1. The molecule has 40 heavy (non-hydrogen) atoms. The molecule has 0 amide bonds. The van der Waals surface area contributed by atoms with Gasteiger partial charge in [-0.1, -0.05) is 97.3 Å². The van der Waals surface area contributed by atoms with Crippen LogP contribution < -0.4 is 0 Å². The molecule has 4 aliphatic rings. The van der Waals surface area contributed by atoms with E-state index in [1.807, 2.05) is 6.08 Å². The molecule has 0 saturated heterocycles. The zero-order chi connectivity index (χ0) is 28.9. The lowest BCUT2D eigenvalue weighted by atomic mass is 9.46. The Hall–Kier alpha value is -1.05. The molecule has 0 spiro atoms. The minimum absolute atomic E-state index is 0.154. The summed E-state index contributed by atoms with van der Waals surface area (Å²) < 4.78 is 0. The fourth-order valence-electron chi connectivity index (χ4n) is 10.8. The van der Waals surface area contributed by atoms with E-state index in [0.29, 0.717) is 16.7 Å². The van der Waals surface area contributed by atoms with Crippen LogP contribution in [0.15, 0.2) is 24.3 Å². The molecule has 0 bridgehead atoms. The number of allylic oxidation sites excluding steroid dienone is 3. The van der Waals surface area contributed by atoms with E-state index in [0.717, 1.165) is 67.6 Å². The molecule has 0 aromatic heterocycles. The van der Waals surface area contributed by atoms with Gasteiger partial charge in [-0.15, -0.1) is 6.58 Å². The number of rotatable bonds is 15. The Morgan fingerprint density at radius 3 is 2.42 bits per heavy atom. The van der Waals surface area contributed by atoms with Gasteiger partial charge in [0.25, 0.3) is 0 Å². The SMILES string of the molecule is C=CCCCCCCCC(C(=O)O)[C@H]1CC[C@@]2(C)C(=CC[C@H]3[C@@H]4CC[C@H]([C@H](C)CCCC(C)C)[C@@]4(C)CC[C@@H]32)C1. The lowest BCUT2D eigenvalue weighted by Crippen LogP contribution is -2.51. The first kappa shape index (κ1) is 31.9. The van der Waals surface area contributed by atoms with Crippen LogP contribution in [0.5, 0.6) is 0 Å². The predicted molar refractivity (Wildman–Crippen MR) is 170 cm³/mol. The molecule has 2 nitrogen and oxygen atoms in total. The van der Waals surface area contributed by atoms with E-state index in [1.54, 1.807) is 5.57 Å². The summed E-state index contributed by atoms with van der Waals surface area (Å²) >= 11 is 0. The van der Waals surface area contributed by atoms with Crippen LogP contribution >= 0.6 is 0 Å². The van der Waals surface area contributed by atoms with Gasteiger partial charge in [0.15, 0.2) is 0 Å². The highest BCUT2D eigenvalue weighted by atomic mass is 16.4. The molecule has 0 radical (unpaired) electrons. The van der Waals surface area contributed by atoms with Crippen molar-refractivity contribution in [2.75, 3.05) is 0 Å². The summed E-state index contributed by atoms with van der Waals surface area (Å²) in [7, 11) is 0. The molecule has 0 aromatic carbocycles. The second kappa shape index (κ2) is 13.9. The minimum Gasteiger partial charge on any atom is -0.481 e. The van der Waals surface area contributed by atoms with E-state index in [2.05, 4.69) is 47.3 Å². The first-order valence-electron chi connectivity index (χ1n) is 17.6. The molecule has 1 N–H and O–H groups in total. The van der Waals surface area contributed by atoms with Crippen molar-refractivity contribution >= 4 is 5.97 Å². The average Bonchev–Trinajstić information content (AvgIpc) is 3.27. The fraction of sp³-hybridized carbons (Fsp3) is 0.868. The molecule has 1 unspecified atom stereocenters. The number of carboxylic acids is 1. The van der Waals surface area contributed by atoms with Gasteiger partial charge >= 0.3 is 5.97 Å². The lowest BCUT2D eigenvalue weighted by molar-refractivity contribution is -0.144. The highest BCUT2D eigenvalue weighted by Crippen LogP contribution is 2.67. The maximum absolute atomic E-state index is 12.4. The van der Waals surface area contributed by atoms with E-state index in [4.69, 9.17) is 0 Å². The summed E-state index contributed by atoms with van der Waals surface area (Å²) in [6.45, 7) is 16.4. The zero-order valence-corrected chi connectivity index (χ0v) is 27.1. The monoisotopic (exact) mass is 552 g/mol. The molecular weight excluding hydrogens is 488 g/mol. The quantitative estimate of drug-likeness (QED) is 0.162. The van der Waals surface area contributed by atoms with Crippen molar-refractivity contribution < 1.29 is 9.90 Å². The summed E-state index contributed by atoms with van der Waals surface area (Å²) in [6.07, 6.45) is 27.2. The number of unbranched alkanes of at least 4 members (excludes halogenated alkanes) is 5. The first-order valence-corrected chi connectivity index (χ1v) is 17.6. The summed E-state index contributed by atoms with van der Waals surface area (Å²) in [4.78, 5) is 12.4. The molecule has 3 saturated carbocycles. The van der Waals surface area contributed by atoms with Gasteiger partial charge in [0.1, 0.15) is 0 Å². The van der Waals surface area contributed by atoms with Crippen LogP contribution in [0.4, 0.5) is 0 Å². The van der Waals surface area contributed by atoms with E-state index in [9.17, 15) is 9.90 Å². The Kier molecular flexibility index (Phi) is 11.1. The molecule has 0 heterocycles. The van der Waals surface area contributed by atoms with E-state index >= 15 is 0 Å². The molecule has 0 aliphatic heterocycles. The molecule has 4 aliphatic carbocycles. The van der Waals surface area contributed by atoms with Crippen molar-refractivity contribution in [2.45, 2.75) is 150 Å². The second-order valence-corrected chi connectivity index (χ2v) is 15.9. The Balaban J connectivity index is 1.37. The van der Waals surface area contributed by atoms with E-state index in [1.165, 1.54) is 83.5 Å². The molecule has 3 fully saturated rings. The van der Waals surface area contributed by atoms with Gasteiger partial charge in [0.05, 0.1) is 5.92 Å². The van der Waals surface area contributed by atoms with Crippen LogP contribution in [0, 0.1) is 58.2 Å². The van der Waals surface area contributed by atoms with Crippen molar-refractivity contribution in [3.63, 3.8) is 0 Å². The van der Waals surface area contributed by atoms with Gasteiger partial charge in [0.2, 0.25) is 0 Å². The summed E-state index contributed by atoms with van der Waals surface area (Å²) in [5.41, 5.74) is 2.51. The maximum atomic E-state index is 12.4. The first-order chi connectivity index (χ1) is 19.1. The minimum atomic E-state index is -0.539. The standard InChI is InChI=1S/C38H64O2/c1-7-8-9-10-11-12-13-17-31(36(39)40)29-22-24-37(5)30(26-29)18-19-32-34-21-20-33(28(4)16-14-15-27(2)3)38(34,6)25-23-35(32)37/h7,18,27-29,31-35H,1,8-17,19-26H2,2-6H3,(H,39,40)/t28-,29+,31?,32+,33-,34+,35+,37+,38-/m1/s1. The predicted octanol–water partition coefficient (Wildman–Crippen LogP) is 11.3. The highest BCUT2D eigenvalue weighted by Gasteiger charge is 2.59. The smallest absolute Gasteiger partial charge is 0.306 e. The number of carboxylic acid groups (broad SMARTS) is 1. The van der Waals surface area contributed by atoms with Crippen molar-refractivity contribution in [1.29, 1.82) is 0 Å². The molecule has 228 valence electrons. The van der Waals surface area contributed by atoms with Crippen LogP contribution in [-0.4, -0.2) is 11.1 Å². The summed E-state index contributed by atoms with van der Waals surface area (Å²) in [5, 5.41) is 10.2. The number of carbonyl (C=O) groups is 1. The van der Waals surface area contributed by atoms with Crippen molar-refractivity contribution in [1.82, 2.24) is 0 Å². The molecule has 2 heteroatoms. The van der Waals surface area contributed by atoms with Crippen molar-refractivity contribution in [3.05, 3.63) is 24.3 Å².